The Morgan fingerprint density at radius 2 is 1.58 bits per heavy atom. The maximum atomic E-state index is 13.0. The number of urea groups is 1. The molecular weight excluding hydrogens is 398 g/mol. The first kappa shape index (κ1) is 21.3. The van der Waals surface area contributed by atoms with Crippen molar-refractivity contribution in [2.75, 3.05) is 45.8 Å². The minimum Gasteiger partial charge on any atom is -0.342 e. The number of imide groups is 1. The van der Waals surface area contributed by atoms with Crippen molar-refractivity contribution in [3.63, 3.8) is 0 Å². The Morgan fingerprint density at radius 1 is 0.903 bits per heavy atom. The van der Waals surface area contributed by atoms with Crippen LogP contribution in [0.5, 0.6) is 0 Å². The van der Waals surface area contributed by atoms with Gasteiger partial charge >= 0.3 is 6.03 Å². The van der Waals surface area contributed by atoms with Crippen LogP contribution in [0.2, 0.25) is 0 Å². The predicted octanol–water partition coefficient (Wildman–Crippen LogP) is 0.512. The molecule has 4 rings (SSSR count). The van der Waals surface area contributed by atoms with Crippen molar-refractivity contribution in [3.05, 3.63) is 35.4 Å². The molecule has 31 heavy (non-hydrogen) atoms. The highest BCUT2D eigenvalue weighted by molar-refractivity contribution is 6.07. The van der Waals surface area contributed by atoms with E-state index >= 15 is 0 Å². The molecule has 0 spiro atoms. The van der Waals surface area contributed by atoms with Gasteiger partial charge < -0.3 is 15.1 Å². The molecule has 0 aliphatic carbocycles. The van der Waals surface area contributed by atoms with E-state index in [0.29, 0.717) is 37.3 Å². The number of carbonyl (C=O) groups excluding carboxylic acids is 4. The van der Waals surface area contributed by atoms with Crippen molar-refractivity contribution in [2.45, 2.75) is 31.7 Å². The van der Waals surface area contributed by atoms with E-state index in [1.165, 1.54) is 0 Å². The quantitative estimate of drug-likeness (QED) is 0.682. The number of nitrogens with zero attached hydrogens (tertiary/aromatic N) is 3. The molecule has 2 N–H and O–H groups in total. The Morgan fingerprint density at radius 3 is 2.23 bits per heavy atom. The van der Waals surface area contributed by atoms with Gasteiger partial charge in [0.25, 0.3) is 11.8 Å². The molecule has 166 valence electrons. The number of hydrogen-bond acceptors (Lipinski definition) is 5. The third kappa shape index (κ3) is 4.41. The molecule has 0 radical (unpaired) electrons. The van der Waals surface area contributed by atoms with Gasteiger partial charge in [0.15, 0.2) is 0 Å². The van der Waals surface area contributed by atoms with E-state index in [0.717, 1.165) is 38.9 Å². The molecule has 1 atom stereocenters. The monoisotopic (exact) mass is 427 g/mol. The summed E-state index contributed by atoms with van der Waals surface area (Å²) in [6, 6.07) is 6.28. The maximum absolute atomic E-state index is 13.0. The zero-order valence-electron chi connectivity index (χ0n) is 17.9. The molecule has 3 fully saturated rings. The average molecular weight is 428 g/mol. The third-order valence-corrected chi connectivity index (χ3v) is 6.45. The highest BCUT2D eigenvalue weighted by Crippen LogP contribution is 2.25. The summed E-state index contributed by atoms with van der Waals surface area (Å²) in [5.41, 5.74) is 0.0254. The standard InChI is InChI=1S/C22H29N5O4/c1-22(20(30)23-21(31)24-22)17-7-5-16(6-8-17)19(29)27-12-4-9-25(13-14-27)15-18(28)26-10-2-3-11-26/h5-8H,2-4,9-15H2,1H3,(H2,23,24,30,31). The van der Waals surface area contributed by atoms with Crippen molar-refractivity contribution in [2.24, 2.45) is 0 Å². The van der Waals surface area contributed by atoms with E-state index in [2.05, 4.69) is 15.5 Å². The first-order valence-electron chi connectivity index (χ1n) is 10.9. The van der Waals surface area contributed by atoms with E-state index < -0.39 is 17.5 Å². The fourth-order valence-electron chi connectivity index (χ4n) is 4.47. The molecule has 3 saturated heterocycles. The van der Waals surface area contributed by atoms with Crippen LogP contribution in [0.3, 0.4) is 0 Å². The molecule has 3 aliphatic rings. The topological polar surface area (TPSA) is 102 Å². The second-order valence-electron chi connectivity index (χ2n) is 8.62. The maximum Gasteiger partial charge on any atom is 0.322 e. The highest BCUT2D eigenvalue weighted by Gasteiger charge is 2.43. The van der Waals surface area contributed by atoms with Gasteiger partial charge in [-0.25, -0.2) is 4.79 Å². The van der Waals surface area contributed by atoms with Crippen molar-refractivity contribution < 1.29 is 19.2 Å². The van der Waals surface area contributed by atoms with Gasteiger partial charge in [0.2, 0.25) is 5.91 Å². The van der Waals surface area contributed by atoms with Gasteiger partial charge in [0, 0.05) is 44.8 Å². The largest absolute Gasteiger partial charge is 0.342 e. The van der Waals surface area contributed by atoms with Crippen LogP contribution < -0.4 is 10.6 Å². The van der Waals surface area contributed by atoms with Gasteiger partial charge in [-0.15, -0.1) is 0 Å². The Bertz CT molecular complexity index is 880. The summed E-state index contributed by atoms with van der Waals surface area (Å²) in [6.45, 7) is 6.47. The predicted molar refractivity (Wildman–Crippen MR) is 113 cm³/mol. The number of rotatable bonds is 4. The summed E-state index contributed by atoms with van der Waals surface area (Å²) < 4.78 is 0. The van der Waals surface area contributed by atoms with Gasteiger partial charge in [0.1, 0.15) is 5.54 Å². The van der Waals surface area contributed by atoms with Gasteiger partial charge in [-0.05, 0) is 43.9 Å². The van der Waals surface area contributed by atoms with E-state index in [9.17, 15) is 19.2 Å². The van der Waals surface area contributed by atoms with Crippen LogP contribution in [0.4, 0.5) is 4.79 Å². The van der Waals surface area contributed by atoms with Crippen LogP contribution in [0.1, 0.15) is 42.1 Å². The van der Waals surface area contributed by atoms with E-state index in [4.69, 9.17) is 0 Å². The lowest BCUT2D eigenvalue weighted by Gasteiger charge is -2.24. The zero-order chi connectivity index (χ0) is 22.0. The summed E-state index contributed by atoms with van der Waals surface area (Å²) in [5.74, 6) is -0.290. The van der Waals surface area contributed by atoms with Crippen molar-refractivity contribution in [1.29, 1.82) is 0 Å². The van der Waals surface area contributed by atoms with Gasteiger partial charge in [-0.3, -0.25) is 24.6 Å². The smallest absolute Gasteiger partial charge is 0.322 e. The molecule has 3 aliphatic heterocycles. The van der Waals surface area contributed by atoms with Crippen LogP contribution >= 0.6 is 0 Å². The van der Waals surface area contributed by atoms with Crippen molar-refractivity contribution >= 4 is 23.8 Å². The molecule has 1 aromatic carbocycles. The number of amides is 5. The Kier molecular flexibility index (Phi) is 5.95. The van der Waals surface area contributed by atoms with E-state index in [-0.39, 0.29) is 11.8 Å². The van der Waals surface area contributed by atoms with Crippen LogP contribution in [-0.4, -0.2) is 84.3 Å². The van der Waals surface area contributed by atoms with Gasteiger partial charge in [0.05, 0.1) is 6.54 Å². The molecule has 9 heteroatoms. The minimum absolute atomic E-state index is 0.0654. The minimum atomic E-state index is -1.14. The average Bonchev–Trinajstić information content (AvgIpc) is 3.31. The third-order valence-electron chi connectivity index (χ3n) is 6.45. The number of hydrogen-bond donors (Lipinski definition) is 2. The van der Waals surface area contributed by atoms with Crippen LogP contribution in [0.15, 0.2) is 24.3 Å². The second kappa shape index (κ2) is 8.66. The van der Waals surface area contributed by atoms with Crippen LogP contribution in [-0.2, 0) is 15.1 Å². The zero-order valence-corrected chi connectivity index (χ0v) is 17.9. The molecule has 0 saturated carbocycles. The Labute approximate surface area is 181 Å². The molecule has 9 nitrogen and oxygen atoms in total. The van der Waals surface area contributed by atoms with Crippen molar-refractivity contribution in [3.8, 4) is 0 Å². The number of nitrogens with one attached hydrogen (secondary N) is 2. The molecular formula is C22H29N5O4. The molecule has 1 aromatic rings. The molecule has 3 heterocycles. The fraction of sp³-hybridized carbons (Fsp3) is 0.545. The van der Waals surface area contributed by atoms with E-state index in [1.54, 1.807) is 31.2 Å². The normalized spacial score (nSPS) is 24.7. The Hall–Kier alpha value is -2.94. The lowest BCUT2D eigenvalue weighted by Crippen LogP contribution is -2.41. The highest BCUT2D eigenvalue weighted by atomic mass is 16.2. The molecule has 1 unspecified atom stereocenters. The number of benzene rings is 1. The van der Waals surface area contributed by atoms with Gasteiger partial charge in [-0.1, -0.05) is 12.1 Å². The SMILES string of the molecule is CC1(c2ccc(C(=O)N3CCCN(CC(=O)N4CCCC4)CC3)cc2)NC(=O)NC1=O. The Balaban J connectivity index is 1.35. The lowest BCUT2D eigenvalue weighted by atomic mass is 9.91. The summed E-state index contributed by atoms with van der Waals surface area (Å²) in [6.07, 6.45) is 2.99. The van der Waals surface area contributed by atoms with Crippen molar-refractivity contribution in [1.82, 2.24) is 25.3 Å². The first-order chi connectivity index (χ1) is 14.9. The summed E-state index contributed by atoms with van der Waals surface area (Å²) >= 11 is 0. The fourth-order valence-corrected chi connectivity index (χ4v) is 4.47. The van der Waals surface area contributed by atoms with E-state index in [1.807, 2.05) is 9.80 Å². The molecule has 5 amide bonds. The first-order valence-corrected chi connectivity index (χ1v) is 10.9. The van der Waals surface area contributed by atoms with Gasteiger partial charge in [-0.2, -0.15) is 0 Å². The lowest BCUT2D eigenvalue weighted by molar-refractivity contribution is -0.131. The molecule has 0 aromatic heterocycles. The second-order valence-corrected chi connectivity index (χ2v) is 8.62. The number of likely N-dealkylation sites (tertiary alicyclic amines) is 1. The van der Waals surface area contributed by atoms with Crippen LogP contribution in [0, 0.1) is 0 Å². The van der Waals surface area contributed by atoms with Crippen LogP contribution in [0.25, 0.3) is 0 Å². The summed E-state index contributed by atoms with van der Waals surface area (Å²) in [4.78, 5) is 54.9. The summed E-state index contributed by atoms with van der Waals surface area (Å²) in [7, 11) is 0. The summed E-state index contributed by atoms with van der Waals surface area (Å²) in [5, 5.41) is 4.87. The molecule has 0 bridgehead atoms. The number of carbonyl (C=O) groups is 4.